The Labute approximate surface area is 108 Å². The molecule has 1 aromatic carbocycles. The molecular weight excluding hydrogens is 258 g/mol. The van der Waals surface area contributed by atoms with Crippen LogP contribution in [0.1, 0.15) is 15.9 Å². The lowest BCUT2D eigenvalue weighted by Gasteiger charge is -2.04. The number of rotatable bonds is 4. The van der Waals surface area contributed by atoms with E-state index < -0.39 is 5.97 Å². The summed E-state index contributed by atoms with van der Waals surface area (Å²) in [6.45, 7) is 0.581. The molecule has 0 saturated carbocycles. The van der Waals surface area contributed by atoms with Gasteiger partial charge >= 0.3 is 5.97 Å². The minimum Gasteiger partial charge on any atom is -0.478 e. The summed E-state index contributed by atoms with van der Waals surface area (Å²) in [5.41, 5.74) is 1.22. The molecule has 0 aliphatic rings. The summed E-state index contributed by atoms with van der Waals surface area (Å²) in [7, 11) is 0. The van der Waals surface area contributed by atoms with E-state index in [4.69, 9.17) is 16.7 Å². The Morgan fingerprint density at radius 3 is 2.82 bits per heavy atom. The van der Waals surface area contributed by atoms with Gasteiger partial charge in [0.2, 0.25) is 0 Å². The average molecular weight is 268 g/mol. The second-order valence-corrected chi connectivity index (χ2v) is 5.18. The Hall–Kier alpha value is -1.52. The Morgan fingerprint density at radius 1 is 1.35 bits per heavy atom. The molecule has 1 heterocycles. The number of anilines is 1. The van der Waals surface area contributed by atoms with Crippen molar-refractivity contribution in [1.82, 2.24) is 0 Å². The SMILES string of the molecule is O=C(O)c1cccc(CNc2ccc(Cl)s2)c1. The highest BCUT2D eigenvalue weighted by Gasteiger charge is 2.03. The lowest BCUT2D eigenvalue weighted by molar-refractivity contribution is 0.0697. The summed E-state index contributed by atoms with van der Waals surface area (Å²) < 4.78 is 0.729. The van der Waals surface area contributed by atoms with Crippen molar-refractivity contribution in [3.63, 3.8) is 0 Å². The fourth-order valence-corrected chi connectivity index (χ4v) is 2.35. The maximum Gasteiger partial charge on any atom is 0.335 e. The molecule has 0 unspecified atom stereocenters. The number of aromatic carboxylic acids is 1. The number of carboxylic acids is 1. The molecule has 2 rings (SSSR count). The molecule has 0 radical (unpaired) electrons. The molecule has 0 aliphatic heterocycles. The predicted octanol–water partition coefficient (Wildman–Crippen LogP) is 3.71. The van der Waals surface area contributed by atoms with Gasteiger partial charge in [0.05, 0.1) is 14.9 Å². The van der Waals surface area contributed by atoms with Gasteiger partial charge in [-0.15, -0.1) is 11.3 Å². The van der Waals surface area contributed by atoms with Crippen molar-refractivity contribution in [1.29, 1.82) is 0 Å². The summed E-state index contributed by atoms with van der Waals surface area (Å²) in [6.07, 6.45) is 0. The van der Waals surface area contributed by atoms with Gasteiger partial charge in [0.15, 0.2) is 0 Å². The smallest absolute Gasteiger partial charge is 0.335 e. The largest absolute Gasteiger partial charge is 0.478 e. The summed E-state index contributed by atoms with van der Waals surface area (Å²) in [5, 5.41) is 13.0. The van der Waals surface area contributed by atoms with Gasteiger partial charge in [0.25, 0.3) is 0 Å². The quantitative estimate of drug-likeness (QED) is 0.888. The van der Waals surface area contributed by atoms with Crippen LogP contribution >= 0.6 is 22.9 Å². The molecule has 0 saturated heterocycles. The first-order valence-corrected chi connectivity index (χ1v) is 6.16. The number of carboxylic acid groups (broad SMARTS) is 1. The van der Waals surface area contributed by atoms with Crippen LogP contribution in [0.25, 0.3) is 0 Å². The number of hydrogen-bond donors (Lipinski definition) is 2. The molecule has 0 atom stereocenters. The van der Waals surface area contributed by atoms with Crippen molar-refractivity contribution in [2.75, 3.05) is 5.32 Å². The zero-order valence-corrected chi connectivity index (χ0v) is 10.4. The Kier molecular flexibility index (Phi) is 3.66. The van der Waals surface area contributed by atoms with Crippen molar-refractivity contribution in [2.24, 2.45) is 0 Å². The van der Waals surface area contributed by atoms with Crippen LogP contribution < -0.4 is 5.32 Å². The first kappa shape index (κ1) is 12.0. The van der Waals surface area contributed by atoms with E-state index in [1.54, 1.807) is 18.2 Å². The molecule has 0 spiro atoms. The Bertz CT molecular complexity index is 539. The molecular formula is C12H10ClNO2S. The zero-order valence-electron chi connectivity index (χ0n) is 8.81. The molecule has 0 bridgehead atoms. The van der Waals surface area contributed by atoms with Crippen LogP contribution in [0.4, 0.5) is 5.00 Å². The maximum absolute atomic E-state index is 10.8. The van der Waals surface area contributed by atoms with E-state index in [0.717, 1.165) is 14.9 Å². The van der Waals surface area contributed by atoms with Crippen LogP contribution in [0, 0.1) is 0 Å². The molecule has 2 N–H and O–H groups in total. The van der Waals surface area contributed by atoms with Gasteiger partial charge < -0.3 is 10.4 Å². The number of benzene rings is 1. The van der Waals surface area contributed by atoms with Crippen molar-refractivity contribution in [3.05, 3.63) is 51.9 Å². The number of halogens is 1. The topological polar surface area (TPSA) is 49.3 Å². The molecule has 0 amide bonds. The van der Waals surface area contributed by atoms with Crippen molar-refractivity contribution < 1.29 is 9.90 Å². The highest BCUT2D eigenvalue weighted by Crippen LogP contribution is 2.26. The predicted molar refractivity (Wildman–Crippen MR) is 70.1 cm³/mol. The number of hydrogen-bond acceptors (Lipinski definition) is 3. The van der Waals surface area contributed by atoms with Gasteiger partial charge in [-0.3, -0.25) is 0 Å². The number of carbonyl (C=O) groups is 1. The third kappa shape index (κ3) is 3.22. The van der Waals surface area contributed by atoms with Gasteiger partial charge in [-0.25, -0.2) is 4.79 Å². The maximum atomic E-state index is 10.8. The third-order valence-corrected chi connectivity index (χ3v) is 3.40. The van der Waals surface area contributed by atoms with Gasteiger partial charge in [-0.2, -0.15) is 0 Å². The fourth-order valence-electron chi connectivity index (χ4n) is 1.41. The lowest BCUT2D eigenvalue weighted by atomic mass is 10.1. The second-order valence-electron chi connectivity index (χ2n) is 3.46. The first-order chi connectivity index (χ1) is 8.15. The van der Waals surface area contributed by atoms with E-state index in [1.165, 1.54) is 11.3 Å². The molecule has 1 aromatic heterocycles. The molecule has 0 aliphatic carbocycles. The van der Waals surface area contributed by atoms with Crippen LogP contribution in [0.3, 0.4) is 0 Å². The molecule has 17 heavy (non-hydrogen) atoms. The normalized spacial score (nSPS) is 10.2. The molecule has 3 nitrogen and oxygen atoms in total. The van der Waals surface area contributed by atoms with Crippen molar-refractivity contribution in [3.8, 4) is 0 Å². The summed E-state index contributed by atoms with van der Waals surface area (Å²) in [6, 6.07) is 10.6. The molecule has 5 heteroatoms. The summed E-state index contributed by atoms with van der Waals surface area (Å²) in [5.74, 6) is -0.911. The van der Waals surface area contributed by atoms with E-state index in [-0.39, 0.29) is 0 Å². The van der Waals surface area contributed by atoms with Gasteiger partial charge in [0, 0.05) is 6.54 Å². The van der Waals surface area contributed by atoms with Crippen LogP contribution in [-0.2, 0) is 6.54 Å². The number of thiophene rings is 1. The monoisotopic (exact) mass is 267 g/mol. The van der Waals surface area contributed by atoms with Gasteiger partial charge in [-0.05, 0) is 29.8 Å². The second kappa shape index (κ2) is 5.21. The summed E-state index contributed by atoms with van der Waals surface area (Å²) in [4.78, 5) is 10.8. The average Bonchev–Trinajstić information content (AvgIpc) is 2.73. The minimum atomic E-state index is -0.911. The highest BCUT2D eigenvalue weighted by atomic mass is 35.5. The summed E-state index contributed by atoms with van der Waals surface area (Å²) >= 11 is 7.27. The fraction of sp³-hybridized carbons (Fsp3) is 0.0833. The van der Waals surface area contributed by atoms with E-state index in [9.17, 15) is 4.79 Å². The van der Waals surface area contributed by atoms with Gasteiger partial charge in [-0.1, -0.05) is 23.7 Å². The van der Waals surface area contributed by atoms with Gasteiger partial charge in [0.1, 0.15) is 0 Å². The zero-order chi connectivity index (χ0) is 12.3. The molecule has 2 aromatic rings. The van der Waals surface area contributed by atoms with E-state index in [0.29, 0.717) is 12.1 Å². The van der Waals surface area contributed by atoms with Crippen molar-refractivity contribution in [2.45, 2.75) is 6.54 Å². The molecule has 0 fully saturated rings. The van der Waals surface area contributed by atoms with E-state index in [1.807, 2.05) is 18.2 Å². The van der Waals surface area contributed by atoms with E-state index >= 15 is 0 Å². The van der Waals surface area contributed by atoms with Crippen LogP contribution in [0.5, 0.6) is 0 Å². The van der Waals surface area contributed by atoms with Crippen molar-refractivity contribution >= 4 is 33.9 Å². The first-order valence-electron chi connectivity index (χ1n) is 4.96. The van der Waals surface area contributed by atoms with Crippen LogP contribution in [-0.4, -0.2) is 11.1 Å². The minimum absolute atomic E-state index is 0.300. The lowest BCUT2D eigenvalue weighted by Crippen LogP contribution is -2.01. The molecule has 88 valence electrons. The third-order valence-electron chi connectivity index (χ3n) is 2.21. The Balaban J connectivity index is 2.04. The van der Waals surface area contributed by atoms with Crippen LogP contribution in [0.2, 0.25) is 4.34 Å². The van der Waals surface area contributed by atoms with Crippen LogP contribution in [0.15, 0.2) is 36.4 Å². The number of nitrogens with one attached hydrogen (secondary N) is 1. The Morgan fingerprint density at radius 2 is 2.18 bits per heavy atom. The standard InChI is InChI=1S/C12H10ClNO2S/c13-10-4-5-11(17-10)14-7-8-2-1-3-9(6-8)12(15)16/h1-6,14H,7H2,(H,15,16). The highest BCUT2D eigenvalue weighted by molar-refractivity contribution is 7.19. The van der Waals surface area contributed by atoms with E-state index in [2.05, 4.69) is 5.32 Å².